The van der Waals surface area contributed by atoms with Gasteiger partial charge in [-0.1, -0.05) is 18.2 Å². The summed E-state index contributed by atoms with van der Waals surface area (Å²) in [4.78, 5) is 25.0. The van der Waals surface area contributed by atoms with Crippen LogP contribution in [0.3, 0.4) is 0 Å². The van der Waals surface area contributed by atoms with Crippen LogP contribution in [0.2, 0.25) is 0 Å². The van der Waals surface area contributed by atoms with Crippen molar-refractivity contribution in [3.63, 3.8) is 0 Å². The molecule has 2 amide bonds. The van der Waals surface area contributed by atoms with Gasteiger partial charge in [0, 0.05) is 17.3 Å². The summed E-state index contributed by atoms with van der Waals surface area (Å²) in [5.41, 5.74) is 1.21. The van der Waals surface area contributed by atoms with Crippen molar-refractivity contribution in [1.29, 1.82) is 0 Å². The first kappa shape index (κ1) is 22.9. The highest BCUT2D eigenvalue weighted by molar-refractivity contribution is 6.05. The molecule has 0 saturated carbocycles. The second-order valence-electron chi connectivity index (χ2n) is 7.22. The number of amides is 2. The van der Waals surface area contributed by atoms with Gasteiger partial charge in [0.15, 0.2) is 11.6 Å². The van der Waals surface area contributed by atoms with E-state index >= 15 is 0 Å². The molecule has 0 bridgehead atoms. The zero-order valence-electron chi connectivity index (χ0n) is 17.4. The van der Waals surface area contributed by atoms with Gasteiger partial charge in [-0.2, -0.15) is 0 Å². The van der Waals surface area contributed by atoms with E-state index < -0.39 is 35.3 Å². The zero-order chi connectivity index (χ0) is 23.3. The van der Waals surface area contributed by atoms with Crippen molar-refractivity contribution in [3.8, 4) is 5.75 Å². The lowest BCUT2D eigenvalue weighted by molar-refractivity contribution is 0.0925. The molecule has 3 aromatic carbocycles. The van der Waals surface area contributed by atoms with E-state index in [4.69, 9.17) is 4.74 Å². The molecule has 0 aliphatic heterocycles. The summed E-state index contributed by atoms with van der Waals surface area (Å²) in [6.45, 7) is 3.36. The van der Waals surface area contributed by atoms with Crippen LogP contribution in [0.25, 0.3) is 0 Å². The van der Waals surface area contributed by atoms with E-state index in [2.05, 4.69) is 10.6 Å². The minimum Gasteiger partial charge on any atom is -0.488 e. The van der Waals surface area contributed by atoms with Crippen LogP contribution >= 0.6 is 0 Å². The van der Waals surface area contributed by atoms with Gasteiger partial charge in [-0.25, -0.2) is 13.2 Å². The van der Waals surface area contributed by atoms with Crippen LogP contribution in [0, 0.1) is 24.4 Å². The molecule has 0 aliphatic rings. The molecule has 2 N–H and O–H groups in total. The maximum atomic E-state index is 13.9. The number of nitrogens with one attached hydrogen (secondary N) is 2. The predicted octanol–water partition coefficient (Wildman–Crippen LogP) is 4.86. The zero-order valence-corrected chi connectivity index (χ0v) is 17.4. The summed E-state index contributed by atoms with van der Waals surface area (Å²) in [5, 5.41) is 5.32. The summed E-state index contributed by atoms with van der Waals surface area (Å²) in [6.07, 6.45) is 0. The molecule has 1 unspecified atom stereocenters. The number of halogens is 3. The summed E-state index contributed by atoms with van der Waals surface area (Å²) in [5.74, 6) is -3.40. The normalized spacial score (nSPS) is 11.5. The van der Waals surface area contributed by atoms with E-state index in [1.54, 1.807) is 32.0 Å². The third-order valence-corrected chi connectivity index (χ3v) is 4.63. The van der Waals surface area contributed by atoms with Crippen molar-refractivity contribution >= 4 is 17.5 Å². The Hall–Kier alpha value is -3.81. The van der Waals surface area contributed by atoms with Gasteiger partial charge in [-0.05, 0) is 55.8 Å². The van der Waals surface area contributed by atoms with Gasteiger partial charge in [-0.3, -0.25) is 9.59 Å². The number of aryl methyl sites for hydroxylation is 1. The maximum absolute atomic E-state index is 13.9. The van der Waals surface area contributed by atoms with Crippen molar-refractivity contribution in [2.75, 3.05) is 11.9 Å². The fourth-order valence-corrected chi connectivity index (χ4v) is 2.89. The average Bonchev–Trinajstić information content (AvgIpc) is 2.74. The molecule has 0 saturated heterocycles. The number of hydrogen-bond acceptors (Lipinski definition) is 3. The number of anilines is 1. The Bertz CT molecular complexity index is 1150. The van der Waals surface area contributed by atoms with Gasteiger partial charge in [-0.15, -0.1) is 0 Å². The van der Waals surface area contributed by atoms with E-state index in [-0.39, 0.29) is 23.5 Å². The first-order chi connectivity index (χ1) is 15.2. The van der Waals surface area contributed by atoms with Crippen molar-refractivity contribution in [1.82, 2.24) is 5.32 Å². The highest BCUT2D eigenvalue weighted by Gasteiger charge is 2.16. The molecular weight excluding hydrogens is 421 g/mol. The third-order valence-electron chi connectivity index (χ3n) is 4.63. The summed E-state index contributed by atoms with van der Waals surface area (Å²) >= 11 is 0. The predicted molar refractivity (Wildman–Crippen MR) is 114 cm³/mol. The minimum absolute atomic E-state index is 0.0446. The second-order valence-corrected chi connectivity index (χ2v) is 7.22. The molecule has 3 rings (SSSR count). The SMILES string of the molecule is Cc1ccc(C(=O)NC(C)COc2ccc(F)cc2F)cc1NC(=O)c1ccccc1F. The van der Waals surface area contributed by atoms with E-state index in [0.717, 1.165) is 6.07 Å². The van der Waals surface area contributed by atoms with Gasteiger partial charge in [0.2, 0.25) is 0 Å². The topological polar surface area (TPSA) is 67.4 Å². The van der Waals surface area contributed by atoms with Crippen LogP contribution in [0.5, 0.6) is 5.75 Å². The largest absolute Gasteiger partial charge is 0.488 e. The first-order valence-corrected chi connectivity index (χ1v) is 9.80. The third kappa shape index (κ3) is 5.66. The van der Waals surface area contributed by atoms with Crippen LogP contribution in [0.1, 0.15) is 33.2 Å². The number of ether oxygens (including phenoxy) is 1. The lowest BCUT2D eigenvalue weighted by atomic mass is 10.1. The Balaban J connectivity index is 1.64. The molecule has 32 heavy (non-hydrogen) atoms. The lowest BCUT2D eigenvalue weighted by Gasteiger charge is -2.16. The molecule has 166 valence electrons. The molecule has 5 nitrogen and oxygen atoms in total. The van der Waals surface area contributed by atoms with Gasteiger partial charge < -0.3 is 15.4 Å². The fourth-order valence-electron chi connectivity index (χ4n) is 2.89. The van der Waals surface area contributed by atoms with Gasteiger partial charge in [0.1, 0.15) is 18.2 Å². The van der Waals surface area contributed by atoms with Crippen LogP contribution < -0.4 is 15.4 Å². The number of hydrogen-bond donors (Lipinski definition) is 2. The van der Waals surface area contributed by atoms with E-state index in [0.29, 0.717) is 17.3 Å². The fraction of sp³-hybridized carbons (Fsp3) is 0.167. The molecule has 8 heteroatoms. The van der Waals surface area contributed by atoms with Crippen molar-refractivity contribution in [2.24, 2.45) is 0 Å². The second kappa shape index (κ2) is 10.00. The molecule has 3 aromatic rings. The monoisotopic (exact) mass is 442 g/mol. The highest BCUT2D eigenvalue weighted by atomic mass is 19.1. The molecule has 0 spiro atoms. The Kier molecular flexibility index (Phi) is 7.14. The molecular formula is C24H21F3N2O3. The molecule has 0 heterocycles. The molecule has 0 fully saturated rings. The molecule has 0 radical (unpaired) electrons. The van der Waals surface area contributed by atoms with Crippen LogP contribution in [0.15, 0.2) is 60.7 Å². The summed E-state index contributed by atoms with van der Waals surface area (Å²) < 4.78 is 45.8. The minimum atomic E-state index is -0.836. The van der Waals surface area contributed by atoms with Crippen molar-refractivity contribution in [3.05, 3.63) is 94.8 Å². The quantitative estimate of drug-likeness (QED) is 0.549. The Morgan fingerprint density at radius 2 is 1.69 bits per heavy atom. The van der Waals surface area contributed by atoms with Gasteiger partial charge in [0.25, 0.3) is 11.8 Å². The number of benzene rings is 3. The number of carbonyl (C=O) groups is 2. The van der Waals surface area contributed by atoms with Gasteiger partial charge in [0.05, 0.1) is 11.6 Å². The van der Waals surface area contributed by atoms with Gasteiger partial charge >= 0.3 is 0 Å². The van der Waals surface area contributed by atoms with Crippen molar-refractivity contribution < 1.29 is 27.5 Å². The average molecular weight is 442 g/mol. The summed E-state index contributed by atoms with van der Waals surface area (Å²) in [7, 11) is 0. The van der Waals surface area contributed by atoms with E-state index in [1.807, 2.05) is 0 Å². The van der Waals surface area contributed by atoms with Crippen molar-refractivity contribution in [2.45, 2.75) is 19.9 Å². The van der Waals surface area contributed by atoms with E-state index in [1.165, 1.54) is 30.3 Å². The number of carbonyl (C=O) groups excluding carboxylic acids is 2. The lowest BCUT2D eigenvalue weighted by Crippen LogP contribution is -2.36. The van der Waals surface area contributed by atoms with Crippen LogP contribution in [-0.2, 0) is 0 Å². The Morgan fingerprint density at radius 1 is 0.938 bits per heavy atom. The maximum Gasteiger partial charge on any atom is 0.258 e. The standard InChI is InChI=1S/C24H21F3N2O3/c1-14-7-8-16(11-21(14)29-24(31)18-5-3-4-6-19(18)26)23(30)28-15(2)13-32-22-10-9-17(25)12-20(22)27/h3-12,15H,13H2,1-2H3,(H,28,30)(H,29,31). The van der Waals surface area contributed by atoms with Crippen LogP contribution in [0.4, 0.5) is 18.9 Å². The molecule has 0 aliphatic carbocycles. The smallest absolute Gasteiger partial charge is 0.258 e. The summed E-state index contributed by atoms with van der Waals surface area (Å²) in [6, 6.07) is 12.8. The van der Waals surface area contributed by atoms with E-state index in [9.17, 15) is 22.8 Å². The molecule has 0 aromatic heterocycles. The Labute approximate surface area is 183 Å². The Morgan fingerprint density at radius 3 is 2.41 bits per heavy atom. The first-order valence-electron chi connectivity index (χ1n) is 9.80. The molecule has 1 atom stereocenters. The highest BCUT2D eigenvalue weighted by Crippen LogP contribution is 2.20. The van der Waals surface area contributed by atoms with Crippen LogP contribution in [-0.4, -0.2) is 24.5 Å². The number of rotatable bonds is 7.